The van der Waals surface area contributed by atoms with Gasteiger partial charge in [0.2, 0.25) is 11.8 Å². The minimum atomic E-state index is -2.80. The van der Waals surface area contributed by atoms with Crippen LogP contribution in [0.1, 0.15) is 47.9 Å². The fraction of sp³-hybridized carbons (Fsp3) is 0.394. The summed E-state index contributed by atoms with van der Waals surface area (Å²) in [5, 5.41) is -2.98. The fourth-order valence-corrected chi connectivity index (χ4v) is 9.59. The van der Waals surface area contributed by atoms with Crippen molar-refractivity contribution >= 4 is 148 Å². The number of thiophene rings is 2. The number of rotatable bonds is 8. The lowest BCUT2D eigenvalue weighted by Crippen LogP contribution is -2.56. The van der Waals surface area contributed by atoms with Gasteiger partial charge in [0, 0.05) is 73.4 Å². The lowest BCUT2D eigenvalue weighted by molar-refractivity contribution is -0.132. The number of amides is 2. The van der Waals surface area contributed by atoms with Gasteiger partial charge in [-0.1, -0.05) is 0 Å². The zero-order chi connectivity index (χ0) is 37.5. The number of carbonyl (C=O) groups is 4. The molecule has 2 aliphatic rings. The quantitative estimate of drug-likeness (QED) is 0.109. The summed E-state index contributed by atoms with van der Waals surface area (Å²) < 4.78 is 12.5. The van der Waals surface area contributed by atoms with Crippen molar-refractivity contribution in [1.29, 1.82) is 0 Å². The number of ether oxygens (including phenoxy) is 2. The summed E-state index contributed by atoms with van der Waals surface area (Å²) in [5.41, 5.74) is 3.85. The van der Waals surface area contributed by atoms with Gasteiger partial charge < -0.3 is 19.3 Å². The van der Waals surface area contributed by atoms with Crippen molar-refractivity contribution in [2.24, 2.45) is 0 Å². The number of hydrogen-bond donors (Lipinski definition) is 0. The topological polar surface area (TPSA) is 93.2 Å². The van der Waals surface area contributed by atoms with E-state index >= 15 is 0 Å². The van der Waals surface area contributed by atoms with Crippen molar-refractivity contribution in [2.45, 2.75) is 55.2 Å². The molecule has 2 atom stereocenters. The highest BCUT2D eigenvalue weighted by molar-refractivity contribution is 7.18. The Hall–Kier alpha value is -2.79. The molecule has 2 aromatic heterocycles. The number of halogens is 2. The van der Waals surface area contributed by atoms with Crippen LogP contribution in [0.2, 0.25) is 15.6 Å². The summed E-state index contributed by atoms with van der Waals surface area (Å²) in [6, 6.07) is 3.07. The standard InChI is InChI=1S/C33H26B6Cl2N2O6S2/c1-13-11-50-27-21(48-15(3)44)5-19-25(23(13)27)17(7-40)9-42(19)29(46)31(34,35)33(38,39)32(36,37)30(47)43-10-18(8-41)26-20(43)6-22(49-16(4)45)28-24(26)14(2)12-51-28/h5-6,11-12,17-18H,7-10H2,1-4H3/t17-,18-/m1/s1. The Kier molecular flexibility index (Phi) is 9.86. The van der Waals surface area contributed by atoms with Crippen molar-refractivity contribution < 1.29 is 28.7 Å². The third-order valence-electron chi connectivity index (χ3n) is 9.67. The van der Waals surface area contributed by atoms with Crippen LogP contribution in [-0.2, 0) is 19.2 Å². The van der Waals surface area contributed by atoms with E-state index in [1.54, 1.807) is 0 Å². The Morgan fingerprint density at radius 1 is 0.725 bits per heavy atom. The average molecular weight is 746 g/mol. The summed E-state index contributed by atoms with van der Waals surface area (Å²) in [7, 11) is 39.3. The summed E-state index contributed by atoms with van der Waals surface area (Å²) >= 11 is 15.6. The third-order valence-corrected chi connectivity index (χ3v) is 12.6. The summed E-state index contributed by atoms with van der Waals surface area (Å²) in [6.07, 6.45) is 0. The van der Waals surface area contributed by atoms with E-state index in [2.05, 4.69) is 0 Å². The van der Waals surface area contributed by atoms with Crippen molar-refractivity contribution in [3.8, 4) is 11.5 Å². The van der Waals surface area contributed by atoms with Crippen LogP contribution in [0.3, 0.4) is 0 Å². The van der Waals surface area contributed by atoms with E-state index in [0.29, 0.717) is 20.8 Å². The van der Waals surface area contributed by atoms with E-state index < -0.39 is 39.4 Å². The molecule has 0 saturated carbocycles. The van der Waals surface area contributed by atoms with E-state index in [1.165, 1.54) is 58.5 Å². The van der Waals surface area contributed by atoms with Crippen molar-refractivity contribution in [2.75, 3.05) is 34.6 Å². The van der Waals surface area contributed by atoms with Gasteiger partial charge in [0.1, 0.15) is 0 Å². The van der Waals surface area contributed by atoms with Crippen LogP contribution in [-0.4, -0.2) is 95.7 Å². The molecule has 4 heterocycles. The average Bonchev–Trinajstić information content (AvgIpc) is 3.82. The summed E-state index contributed by atoms with van der Waals surface area (Å²) in [6.45, 7) is 6.34. The molecule has 8 nitrogen and oxygen atoms in total. The maximum atomic E-state index is 14.5. The number of nitrogens with zero attached hydrogens (tertiary/aromatic N) is 2. The molecule has 0 N–H and O–H groups in total. The fourth-order valence-electron chi connectivity index (χ4n) is 7.05. The molecule has 0 fully saturated rings. The first-order valence-electron chi connectivity index (χ1n) is 15.7. The Bertz CT molecular complexity index is 2010. The smallest absolute Gasteiger partial charge is 0.308 e. The highest BCUT2D eigenvalue weighted by Crippen LogP contribution is 2.60. The van der Waals surface area contributed by atoms with Gasteiger partial charge >= 0.3 is 11.9 Å². The number of anilines is 2. The molecule has 18 heteroatoms. The molecule has 0 unspecified atom stereocenters. The lowest BCUT2D eigenvalue weighted by atomic mass is 9.17. The van der Waals surface area contributed by atoms with Gasteiger partial charge in [0.15, 0.2) is 11.5 Å². The second kappa shape index (κ2) is 13.3. The van der Waals surface area contributed by atoms with E-state index in [0.717, 1.165) is 33.0 Å². The zero-order valence-electron chi connectivity index (χ0n) is 28.2. The summed E-state index contributed by atoms with van der Waals surface area (Å²) in [4.78, 5) is 55.5. The Labute approximate surface area is 321 Å². The molecule has 6 rings (SSSR count). The van der Waals surface area contributed by atoms with Gasteiger partial charge in [-0.3, -0.25) is 19.2 Å². The molecular weight excluding hydrogens is 720 g/mol. The zero-order valence-corrected chi connectivity index (χ0v) is 31.3. The number of benzene rings is 2. The first kappa shape index (κ1) is 38.0. The molecule has 0 bridgehead atoms. The first-order chi connectivity index (χ1) is 23.8. The van der Waals surface area contributed by atoms with E-state index in [4.69, 9.17) is 79.8 Å². The van der Waals surface area contributed by atoms with Crippen LogP contribution in [0, 0.1) is 13.8 Å². The maximum absolute atomic E-state index is 14.5. The number of alkyl halides is 2. The molecule has 2 amide bonds. The van der Waals surface area contributed by atoms with Crippen molar-refractivity contribution in [1.82, 2.24) is 0 Å². The van der Waals surface area contributed by atoms with Crippen molar-refractivity contribution in [3.63, 3.8) is 0 Å². The Morgan fingerprint density at radius 3 is 1.39 bits per heavy atom. The largest absolute Gasteiger partial charge is 0.425 e. The third kappa shape index (κ3) is 5.78. The van der Waals surface area contributed by atoms with Crippen LogP contribution >= 0.6 is 45.9 Å². The molecule has 2 aromatic carbocycles. The maximum Gasteiger partial charge on any atom is 0.308 e. The van der Waals surface area contributed by atoms with Crippen LogP contribution in [0.25, 0.3) is 20.2 Å². The molecule has 0 saturated heterocycles. The van der Waals surface area contributed by atoms with E-state index in [9.17, 15) is 19.2 Å². The van der Waals surface area contributed by atoms with E-state index in [-0.39, 0.29) is 48.2 Å². The van der Waals surface area contributed by atoms with Crippen LogP contribution in [0.4, 0.5) is 11.4 Å². The lowest BCUT2D eigenvalue weighted by Gasteiger charge is -2.55. The van der Waals surface area contributed by atoms with Crippen LogP contribution in [0.15, 0.2) is 22.9 Å². The van der Waals surface area contributed by atoms with Crippen LogP contribution in [0.5, 0.6) is 11.5 Å². The van der Waals surface area contributed by atoms with Gasteiger partial charge in [0.05, 0.1) is 67.9 Å². The monoisotopic (exact) mass is 746 g/mol. The predicted octanol–water partition coefficient (Wildman–Crippen LogP) is 4.98. The summed E-state index contributed by atoms with van der Waals surface area (Å²) in [5.74, 6) is -3.23. The SMILES string of the molecule is [B]C([B])(C(=O)N1C[C@@H](CCl)c2c1cc(OC(C)=O)c1scc(C)c21)C([B])([B])C([B])([B])C(=O)N1C[C@@H](CCl)c2c1cc(OC(C)=O)c1scc(C)c21. The first-order valence-corrected chi connectivity index (χ1v) is 18.6. The molecular formula is C33H26B6Cl2N2O6S2. The molecule has 4 aromatic rings. The second-order valence-corrected chi connectivity index (χ2v) is 15.6. The van der Waals surface area contributed by atoms with Gasteiger partial charge in [-0.15, -0.1) is 51.1 Å². The number of fused-ring (bicyclic) bond motifs is 6. The highest BCUT2D eigenvalue weighted by Gasteiger charge is 2.56. The number of carbonyl (C=O) groups excluding carboxylic acids is 4. The molecule has 0 spiro atoms. The molecule has 2 aliphatic heterocycles. The van der Waals surface area contributed by atoms with Crippen LogP contribution < -0.4 is 19.3 Å². The molecule has 12 radical (unpaired) electrons. The molecule has 248 valence electrons. The van der Waals surface area contributed by atoms with Gasteiger partial charge in [-0.25, -0.2) is 0 Å². The molecule has 51 heavy (non-hydrogen) atoms. The number of hydrogen-bond acceptors (Lipinski definition) is 8. The van der Waals surface area contributed by atoms with Gasteiger partial charge in [0.25, 0.3) is 0 Å². The Balaban J connectivity index is 1.41. The number of esters is 2. The molecule has 0 aliphatic carbocycles. The highest BCUT2D eigenvalue weighted by atomic mass is 35.5. The minimum absolute atomic E-state index is 0.0136. The Morgan fingerprint density at radius 2 is 1.08 bits per heavy atom. The van der Waals surface area contributed by atoms with Gasteiger partial charge in [-0.2, -0.15) is 0 Å². The minimum Gasteiger partial charge on any atom is -0.425 e. The second-order valence-electron chi connectivity index (χ2n) is 13.2. The predicted molar refractivity (Wildman–Crippen MR) is 210 cm³/mol. The number of aryl methyl sites for hydroxylation is 2. The van der Waals surface area contributed by atoms with E-state index in [1.807, 2.05) is 24.6 Å². The normalized spacial score (nSPS) is 17.5. The van der Waals surface area contributed by atoms with Gasteiger partial charge in [-0.05, 0) is 57.3 Å². The van der Waals surface area contributed by atoms with Crippen molar-refractivity contribution in [3.05, 3.63) is 45.1 Å².